The molecule has 2 heterocycles. The zero-order valence-corrected chi connectivity index (χ0v) is 12.7. The molecule has 5 heteroatoms. The van der Waals surface area contributed by atoms with Gasteiger partial charge < -0.3 is 10.2 Å². The summed E-state index contributed by atoms with van der Waals surface area (Å²) in [7, 11) is 0. The van der Waals surface area contributed by atoms with E-state index in [0.717, 1.165) is 51.9 Å². The van der Waals surface area contributed by atoms with Crippen LogP contribution in [-0.2, 0) is 4.79 Å². The van der Waals surface area contributed by atoms with E-state index >= 15 is 0 Å². The minimum absolute atomic E-state index is 0.0793. The Morgan fingerprint density at radius 3 is 1.45 bits per heavy atom. The molecule has 2 N–H and O–H groups in total. The first kappa shape index (κ1) is 15.9. The van der Waals surface area contributed by atoms with E-state index < -0.39 is 0 Å². The van der Waals surface area contributed by atoms with Gasteiger partial charge in [0.25, 0.3) is 0 Å². The molecule has 2 atom stereocenters. The molecule has 2 unspecified atom stereocenters. The summed E-state index contributed by atoms with van der Waals surface area (Å²) < 4.78 is 0. The van der Waals surface area contributed by atoms with Crippen LogP contribution in [0.5, 0.6) is 0 Å². The van der Waals surface area contributed by atoms with Gasteiger partial charge in [-0.3, -0.25) is 14.6 Å². The van der Waals surface area contributed by atoms with Crippen LogP contribution in [0.1, 0.15) is 39.5 Å². The van der Waals surface area contributed by atoms with Crippen molar-refractivity contribution in [3.8, 4) is 0 Å². The van der Waals surface area contributed by atoms with Crippen LogP contribution in [-0.4, -0.2) is 76.3 Å². The fraction of sp³-hybridized carbons (Fsp3) is 0.933. The van der Waals surface area contributed by atoms with E-state index in [9.17, 15) is 15.0 Å². The van der Waals surface area contributed by atoms with Crippen LogP contribution in [0.15, 0.2) is 0 Å². The Balaban J connectivity index is 1.86. The predicted molar refractivity (Wildman–Crippen MR) is 77.6 cm³/mol. The zero-order valence-electron chi connectivity index (χ0n) is 12.7. The summed E-state index contributed by atoms with van der Waals surface area (Å²) in [6.07, 6.45) is 2.66. The Morgan fingerprint density at radius 1 is 0.850 bits per heavy atom. The van der Waals surface area contributed by atoms with Gasteiger partial charge in [0, 0.05) is 26.2 Å². The first-order valence-corrected chi connectivity index (χ1v) is 7.87. The minimum Gasteiger partial charge on any atom is -0.393 e. The highest BCUT2D eigenvalue weighted by atomic mass is 16.3. The van der Waals surface area contributed by atoms with Gasteiger partial charge in [-0.05, 0) is 39.5 Å². The second-order valence-corrected chi connectivity index (χ2v) is 6.29. The Morgan fingerprint density at radius 2 is 1.15 bits per heavy atom. The molecule has 0 bridgehead atoms. The standard InChI is InChI=1S/C15H28N2O3/c1-11(16-7-3-13(18)4-8-16)15(20)12(2)17-9-5-14(19)6-10-17/h11-14,18-19H,3-10H2,1-2H3. The lowest BCUT2D eigenvalue weighted by atomic mass is 9.98. The van der Waals surface area contributed by atoms with Gasteiger partial charge >= 0.3 is 0 Å². The van der Waals surface area contributed by atoms with E-state index in [-0.39, 0.29) is 30.1 Å². The number of likely N-dealkylation sites (tertiary alicyclic amines) is 2. The number of carbonyl (C=O) groups is 1. The SMILES string of the molecule is CC(C(=O)C(C)N1CCC(O)CC1)N1CCC(O)CC1. The van der Waals surface area contributed by atoms with Crippen molar-refractivity contribution >= 4 is 5.78 Å². The number of aliphatic hydroxyl groups is 2. The van der Waals surface area contributed by atoms with Crippen molar-refractivity contribution in [3.05, 3.63) is 0 Å². The Labute approximate surface area is 121 Å². The van der Waals surface area contributed by atoms with Crippen molar-refractivity contribution in [2.45, 2.75) is 63.8 Å². The molecule has 2 aliphatic heterocycles. The summed E-state index contributed by atoms with van der Waals surface area (Å²) in [5.41, 5.74) is 0. The summed E-state index contributed by atoms with van der Waals surface area (Å²) in [6.45, 7) is 7.18. The van der Waals surface area contributed by atoms with Crippen molar-refractivity contribution in [1.29, 1.82) is 0 Å². The normalized spacial score (nSPS) is 27.4. The van der Waals surface area contributed by atoms with Crippen molar-refractivity contribution < 1.29 is 15.0 Å². The van der Waals surface area contributed by atoms with Gasteiger partial charge in [-0.15, -0.1) is 0 Å². The Bertz CT molecular complexity index is 291. The highest BCUT2D eigenvalue weighted by molar-refractivity contribution is 5.88. The molecular weight excluding hydrogens is 256 g/mol. The van der Waals surface area contributed by atoms with Crippen LogP contribution < -0.4 is 0 Å². The summed E-state index contributed by atoms with van der Waals surface area (Å²) in [5, 5.41) is 19.1. The molecule has 20 heavy (non-hydrogen) atoms. The molecule has 0 aromatic rings. The second-order valence-electron chi connectivity index (χ2n) is 6.29. The van der Waals surface area contributed by atoms with Crippen LogP contribution in [0.4, 0.5) is 0 Å². The van der Waals surface area contributed by atoms with Crippen LogP contribution in [0.2, 0.25) is 0 Å². The van der Waals surface area contributed by atoms with Crippen LogP contribution >= 0.6 is 0 Å². The number of rotatable bonds is 4. The summed E-state index contributed by atoms with van der Waals surface area (Å²) in [6, 6.07) is -0.159. The number of carbonyl (C=O) groups excluding carboxylic acids is 1. The number of ketones is 1. The van der Waals surface area contributed by atoms with Crippen LogP contribution in [0.25, 0.3) is 0 Å². The highest BCUT2D eigenvalue weighted by Crippen LogP contribution is 2.18. The number of nitrogens with zero attached hydrogens (tertiary/aromatic N) is 2. The number of aliphatic hydroxyl groups excluding tert-OH is 2. The quantitative estimate of drug-likeness (QED) is 0.774. The molecule has 0 aromatic heterocycles. The summed E-state index contributed by atoms with van der Waals surface area (Å²) >= 11 is 0. The molecule has 2 fully saturated rings. The third-order valence-corrected chi connectivity index (χ3v) is 4.92. The molecule has 0 radical (unpaired) electrons. The maximum absolute atomic E-state index is 12.6. The first-order valence-electron chi connectivity index (χ1n) is 7.87. The first-order chi connectivity index (χ1) is 9.49. The lowest BCUT2D eigenvalue weighted by Crippen LogP contribution is -2.53. The Kier molecular flexibility index (Phi) is 5.55. The summed E-state index contributed by atoms with van der Waals surface area (Å²) in [4.78, 5) is 17.0. The molecule has 5 nitrogen and oxygen atoms in total. The minimum atomic E-state index is -0.199. The average Bonchev–Trinajstić information content (AvgIpc) is 2.46. The highest BCUT2D eigenvalue weighted by Gasteiger charge is 2.32. The molecule has 0 amide bonds. The topological polar surface area (TPSA) is 64.0 Å². The van der Waals surface area contributed by atoms with Crippen molar-refractivity contribution in [1.82, 2.24) is 9.80 Å². The number of hydrogen-bond donors (Lipinski definition) is 2. The third kappa shape index (κ3) is 3.79. The molecule has 2 rings (SSSR count). The number of hydrogen-bond acceptors (Lipinski definition) is 5. The predicted octanol–water partition coefficient (Wildman–Crippen LogP) is 0.246. The molecule has 0 spiro atoms. The molecule has 0 aliphatic carbocycles. The van der Waals surface area contributed by atoms with E-state index in [0.29, 0.717) is 0 Å². The van der Waals surface area contributed by atoms with Gasteiger partial charge in [0.1, 0.15) is 0 Å². The van der Waals surface area contributed by atoms with Crippen LogP contribution in [0, 0.1) is 0 Å². The maximum Gasteiger partial charge on any atom is 0.166 e. The third-order valence-electron chi connectivity index (χ3n) is 4.92. The lowest BCUT2D eigenvalue weighted by Gasteiger charge is -2.38. The Hall–Kier alpha value is -0.490. The largest absolute Gasteiger partial charge is 0.393 e. The summed E-state index contributed by atoms with van der Waals surface area (Å²) in [5.74, 6) is 0.262. The van der Waals surface area contributed by atoms with E-state index in [1.165, 1.54) is 0 Å². The smallest absolute Gasteiger partial charge is 0.166 e. The van der Waals surface area contributed by atoms with Gasteiger partial charge in [0.2, 0.25) is 0 Å². The lowest BCUT2D eigenvalue weighted by molar-refractivity contribution is -0.130. The maximum atomic E-state index is 12.6. The fourth-order valence-corrected chi connectivity index (χ4v) is 3.26. The molecule has 116 valence electrons. The van der Waals surface area contributed by atoms with Gasteiger partial charge in [0.15, 0.2) is 5.78 Å². The van der Waals surface area contributed by atoms with Crippen molar-refractivity contribution in [2.24, 2.45) is 0 Å². The number of Topliss-reactive ketones (excluding diaryl/α,β-unsaturated/α-hetero) is 1. The number of piperidine rings is 2. The molecule has 0 saturated carbocycles. The van der Waals surface area contributed by atoms with E-state index in [4.69, 9.17) is 0 Å². The molecular formula is C15H28N2O3. The monoisotopic (exact) mass is 284 g/mol. The van der Waals surface area contributed by atoms with Crippen molar-refractivity contribution in [3.63, 3.8) is 0 Å². The average molecular weight is 284 g/mol. The fourth-order valence-electron chi connectivity index (χ4n) is 3.26. The van der Waals surface area contributed by atoms with Crippen LogP contribution in [0.3, 0.4) is 0 Å². The molecule has 2 saturated heterocycles. The zero-order chi connectivity index (χ0) is 14.7. The molecule has 2 aliphatic rings. The van der Waals surface area contributed by atoms with Gasteiger partial charge in [-0.1, -0.05) is 0 Å². The van der Waals surface area contributed by atoms with E-state index in [1.54, 1.807) is 0 Å². The van der Waals surface area contributed by atoms with E-state index in [2.05, 4.69) is 9.80 Å². The van der Waals surface area contributed by atoms with Gasteiger partial charge in [-0.2, -0.15) is 0 Å². The van der Waals surface area contributed by atoms with Crippen molar-refractivity contribution in [2.75, 3.05) is 26.2 Å². The second kappa shape index (κ2) is 6.98. The van der Waals surface area contributed by atoms with Gasteiger partial charge in [-0.25, -0.2) is 0 Å². The van der Waals surface area contributed by atoms with E-state index in [1.807, 2.05) is 13.8 Å². The van der Waals surface area contributed by atoms with Gasteiger partial charge in [0.05, 0.1) is 24.3 Å². The molecule has 0 aromatic carbocycles.